The van der Waals surface area contributed by atoms with E-state index in [2.05, 4.69) is 41.4 Å². The van der Waals surface area contributed by atoms with Crippen LogP contribution in [0.3, 0.4) is 0 Å². The van der Waals surface area contributed by atoms with Crippen molar-refractivity contribution < 1.29 is 9.59 Å². The second-order valence-corrected chi connectivity index (χ2v) is 10.3. The first-order chi connectivity index (χ1) is 16.3. The van der Waals surface area contributed by atoms with Crippen molar-refractivity contribution in [2.45, 2.75) is 27.3 Å². The van der Waals surface area contributed by atoms with Crippen LogP contribution in [0.5, 0.6) is 0 Å². The molecule has 8 heteroatoms. The fraction of sp³-hybridized carbons (Fsp3) is 0.346. The Bertz CT molecular complexity index is 1220. The molecule has 0 radical (unpaired) electrons. The van der Waals surface area contributed by atoms with Crippen molar-refractivity contribution in [3.8, 4) is 11.3 Å². The number of nitrogens with zero attached hydrogens (tertiary/aromatic N) is 3. The lowest BCUT2D eigenvalue weighted by Crippen LogP contribution is -2.51. The Morgan fingerprint density at radius 2 is 1.59 bits per heavy atom. The quantitative estimate of drug-likeness (QED) is 0.507. The molecule has 0 saturated carbocycles. The van der Waals surface area contributed by atoms with Crippen molar-refractivity contribution in [1.82, 2.24) is 14.4 Å². The highest BCUT2D eigenvalue weighted by Crippen LogP contribution is 2.25. The summed E-state index contributed by atoms with van der Waals surface area (Å²) in [5.74, 6) is 0.0343. The molecule has 2 heterocycles. The van der Waals surface area contributed by atoms with Gasteiger partial charge in [-0.05, 0) is 49.7 Å². The zero-order chi connectivity index (χ0) is 24.2. The van der Waals surface area contributed by atoms with Gasteiger partial charge in [-0.3, -0.25) is 14.5 Å². The van der Waals surface area contributed by atoms with Gasteiger partial charge in [-0.1, -0.05) is 48.0 Å². The Morgan fingerprint density at radius 1 is 0.941 bits per heavy atom. The first kappa shape index (κ1) is 24.3. The third-order valence-electron chi connectivity index (χ3n) is 6.26. The molecule has 1 fully saturated rings. The number of hydrogen-bond acceptors (Lipinski definition) is 5. The first-order valence-electron chi connectivity index (χ1n) is 11.4. The van der Waals surface area contributed by atoms with Gasteiger partial charge in [0.2, 0.25) is 11.8 Å². The summed E-state index contributed by atoms with van der Waals surface area (Å²) in [6.45, 7) is 9.16. The molecule has 178 valence electrons. The number of aromatic nitrogens is 1. The van der Waals surface area contributed by atoms with E-state index >= 15 is 0 Å². The molecule has 6 nitrogen and oxygen atoms in total. The van der Waals surface area contributed by atoms with E-state index in [1.54, 1.807) is 0 Å². The van der Waals surface area contributed by atoms with Gasteiger partial charge in [0.1, 0.15) is 6.54 Å². The Kier molecular flexibility index (Phi) is 7.60. The minimum atomic E-state index is -0.0236. The van der Waals surface area contributed by atoms with Crippen molar-refractivity contribution in [2.24, 2.45) is 0 Å². The maximum absolute atomic E-state index is 13.1. The van der Waals surface area contributed by atoms with Crippen molar-refractivity contribution >= 4 is 41.1 Å². The van der Waals surface area contributed by atoms with Gasteiger partial charge in [0.05, 0.1) is 12.2 Å². The minimum Gasteiger partial charge on any atom is -0.339 e. The van der Waals surface area contributed by atoms with E-state index in [1.807, 2.05) is 46.9 Å². The molecular formula is C26H30N4O2S2. The van der Waals surface area contributed by atoms with Crippen LogP contribution in [0.4, 0.5) is 5.69 Å². The van der Waals surface area contributed by atoms with E-state index in [0.717, 1.165) is 28.1 Å². The fourth-order valence-corrected chi connectivity index (χ4v) is 5.29. The Labute approximate surface area is 209 Å². The lowest BCUT2D eigenvalue weighted by Gasteiger charge is -2.34. The normalized spacial score (nSPS) is 14.3. The smallest absolute Gasteiger partial charge is 0.242 e. The summed E-state index contributed by atoms with van der Waals surface area (Å²) in [5.41, 5.74) is 6.23. The molecule has 0 aliphatic carbocycles. The van der Waals surface area contributed by atoms with Gasteiger partial charge in [-0.15, -0.1) is 11.3 Å². The number of anilines is 1. The summed E-state index contributed by atoms with van der Waals surface area (Å²) in [5, 5.41) is 5.07. The SMILES string of the molecule is Cc1ccc(-c2csc(=S)n2CC(=O)N2CCN(CC(=O)Nc3c(C)cccc3C)CC2)cc1. The number of carbonyl (C=O) groups is 2. The molecule has 2 amide bonds. The largest absolute Gasteiger partial charge is 0.339 e. The number of thiazole rings is 1. The van der Waals surface area contributed by atoms with Crippen LogP contribution in [-0.4, -0.2) is 58.9 Å². The number of carbonyl (C=O) groups excluding carboxylic acids is 2. The van der Waals surface area contributed by atoms with Crippen LogP contribution < -0.4 is 5.32 Å². The molecule has 2 aromatic carbocycles. The van der Waals surface area contributed by atoms with E-state index in [-0.39, 0.29) is 18.4 Å². The molecule has 3 aromatic rings. The molecule has 1 aromatic heterocycles. The lowest BCUT2D eigenvalue weighted by atomic mass is 10.1. The third kappa shape index (κ3) is 5.63. The Morgan fingerprint density at radius 3 is 2.24 bits per heavy atom. The number of hydrogen-bond donors (Lipinski definition) is 1. The molecule has 1 aliphatic rings. The van der Waals surface area contributed by atoms with Gasteiger partial charge >= 0.3 is 0 Å². The molecular weight excluding hydrogens is 464 g/mol. The van der Waals surface area contributed by atoms with Gasteiger partial charge in [-0.2, -0.15) is 0 Å². The fourth-order valence-electron chi connectivity index (χ4n) is 4.21. The average Bonchev–Trinajstić information content (AvgIpc) is 3.17. The average molecular weight is 495 g/mol. The lowest BCUT2D eigenvalue weighted by molar-refractivity contribution is -0.133. The van der Waals surface area contributed by atoms with Gasteiger partial charge < -0.3 is 14.8 Å². The number of piperazine rings is 1. The van der Waals surface area contributed by atoms with Crippen molar-refractivity contribution in [3.05, 3.63) is 68.5 Å². The van der Waals surface area contributed by atoms with Crippen LogP contribution in [0.15, 0.2) is 47.8 Å². The molecule has 4 rings (SSSR count). The number of nitrogens with one attached hydrogen (secondary N) is 1. The van der Waals surface area contributed by atoms with Crippen LogP contribution in [0.2, 0.25) is 0 Å². The highest BCUT2D eigenvalue weighted by Gasteiger charge is 2.24. The molecule has 0 spiro atoms. The zero-order valence-corrected chi connectivity index (χ0v) is 21.5. The van der Waals surface area contributed by atoms with Crippen molar-refractivity contribution in [3.63, 3.8) is 0 Å². The summed E-state index contributed by atoms with van der Waals surface area (Å²) in [6.07, 6.45) is 0. The summed E-state index contributed by atoms with van der Waals surface area (Å²) in [7, 11) is 0. The van der Waals surface area contributed by atoms with E-state index in [0.29, 0.717) is 36.7 Å². The van der Waals surface area contributed by atoms with Crippen LogP contribution in [0, 0.1) is 24.7 Å². The molecule has 1 aliphatic heterocycles. The van der Waals surface area contributed by atoms with Crippen molar-refractivity contribution in [1.29, 1.82) is 0 Å². The Balaban J connectivity index is 1.32. The first-order valence-corrected chi connectivity index (χ1v) is 12.7. The maximum atomic E-state index is 13.1. The van der Waals surface area contributed by atoms with Crippen LogP contribution in [-0.2, 0) is 16.1 Å². The molecule has 1 N–H and O–H groups in total. The van der Waals surface area contributed by atoms with Gasteiger partial charge in [-0.25, -0.2) is 0 Å². The van der Waals surface area contributed by atoms with E-state index in [1.165, 1.54) is 16.9 Å². The summed E-state index contributed by atoms with van der Waals surface area (Å²) in [4.78, 5) is 29.6. The monoisotopic (exact) mass is 494 g/mol. The van der Waals surface area contributed by atoms with Crippen LogP contribution in [0.25, 0.3) is 11.3 Å². The second kappa shape index (κ2) is 10.6. The topological polar surface area (TPSA) is 57.6 Å². The van der Waals surface area contributed by atoms with E-state index < -0.39 is 0 Å². The molecule has 0 bridgehead atoms. The summed E-state index contributed by atoms with van der Waals surface area (Å²) in [6, 6.07) is 14.2. The molecule has 0 unspecified atom stereocenters. The maximum Gasteiger partial charge on any atom is 0.242 e. The number of rotatable bonds is 6. The number of aryl methyl sites for hydroxylation is 3. The number of benzene rings is 2. The Hall–Kier alpha value is -2.81. The predicted molar refractivity (Wildman–Crippen MR) is 141 cm³/mol. The van der Waals surface area contributed by atoms with Crippen LogP contribution in [0.1, 0.15) is 16.7 Å². The standard InChI is InChI=1S/C26H30N4O2S2/c1-18-7-9-21(10-8-18)22-17-34-26(33)30(22)16-24(32)29-13-11-28(12-14-29)15-23(31)27-25-19(2)5-4-6-20(25)3/h4-10,17H,11-16H2,1-3H3,(H,27,31). The second-order valence-electron chi connectivity index (χ2n) is 8.81. The number of amides is 2. The predicted octanol–water partition coefficient (Wildman–Crippen LogP) is 4.65. The molecule has 0 atom stereocenters. The minimum absolute atomic E-state index is 0.0236. The summed E-state index contributed by atoms with van der Waals surface area (Å²) < 4.78 is 2.63. The number of para-hydroxylation sites is 1. The van der Waals surface area contributed by atoms with E-state index in [9.17, 15) is 9.59 Å². The molecule has 34 heavy (non-hydrogen) atoms. The summed E-state index contributed by atoms with van der Waals surface area (Å²) >= 11 is 7.00. The van der Waals surface area contributed by atoms with Gasteiger partial charge in [0, 0.05) is 37.2 Å². The van der Waals surface area contributed by atoms with Crippen molar-refractivity contribution in [2.75, 3.05) is 38.0 Å². The highest BCUT2D eigenvalue weighted by atomic mass is 32.1. The van der Waals surface area contributed by atoms with E-state index in [4.69, 9.17) is 12.2 Å². The zero-order valence-electron chi connectivity index (χ0n) is 19.8. The van der Waals surface area contributed by atoms with Gasteiger partial charge in [0.25, 0.3) is 0 Å². The van der Waals surface area contributed by atoms with Crippen LogP contribution >= 0.6 is 23.6 Å². The molecule has 1 saturated heterocycles. The third-order valence-corrected chi connectivity index (χ3v) is 7.53. The van der Waals surface area contributed by atoms with Gasteiger partial charge in [0.15, 0.2) is 3.95 Å². The highest BCUT2D eigenvalue weighted by molar-refractivity contribution is 7.73.